The lowest BCUT2D eigenvalue weighted by atomic mass is 10.1. The van der Waals surface area contributed by atoms with E-state index in [-0.39, 0.29) is 18.0 Å². The zero-order valence-electron chi connectivity index (χ0n) is 24.5. The molecule has 1 amide bonds. The number of nitrogens with one attached hydrogen (secondary N) is 1. The highest BCUT2D eigenvalue weighted by Gasteiger charge is 2.18. The van der Waals surface area contributed by atoms with Gasteiger partial charge < -0.3 is 20.9 Å². The van der Waals surface area contributed by atoms with Crippen LogP contribution in [0.1, 0.15) is 149 Å². The van der Waals surface area contributed by atoms with Crippen molar-refractivity contribution in [2.75, 3.05) is 6.54 Å². The molecule has 0 aromatic heterocycles. The monoisotopic (exact) mass is 538 g/mol. The molecule has 7 nitrogen and oxygen atoms in total. The highest BCUT2D eigenvalue weighted by molar-refractivity contribution is 5.83. The standard InChI is InChI=1S/C31H58N2O5/c1-3-5-7-9-11-13-19-25-30(35)38-27(21-16-12-10-8-6-4-2)22-17-14-15-18-24-29(34)33-28(31(36)37)23-20-26-32/h16,21,27-28H,3-15,17-20,22-26,32H2,1-2H3,(H,33,34)(H,36,37)/b21-16-. The van der Waals surface area contributed by atoms with Crippen LogP contribution in [0.3, 0.4) is 0 Å². The molecule has 0 aliphatic heterocycles. The Morgan fingerprint density at radius 2 is 1.34 bits per heavy atom. The van der Waals surface area contributed by atoms with Gasteiger partial charge in [-0.25, -0.2) is 4.79 Å². The van der Waals surface area contributed by atoms with E-state index in [2.05, 4.69) is 31.3 Å². The molecule has 0 heterocycles. The van der Waals surface area contributed by atoms with Crippen LogP contribution in [-0.4, -0.2) is 41.6 Å². The lowest BCUT2D eigenvalue weighted by Gasteiger charge is -2.15. The van der Waals surface area contributed by atoms with Crippen LogP contribution in [0.4, 0.5) is 0 Å². The molecule has 0 saturated heterocycles. The van der Waals surface area contributed by atoms with E-state index in [0.717, 1.165) is 44.9 Å². The van der Waals surface area contributed by atoms with Crippen LogP contribution in [0.2, 0.25) is 0 Å². The Kier molecular flexibility index (Phi) is 25.4. The second kappa shape index (κ2) is 26.7. The van der Waals surface area contributed by atoms with Gasteiger partial charge >= 0.3 is 11.9 Å². The summed E-state index contributed by atoms with van der Waals surface area (Å²) in [4.78, 5) is 35.8. The Balaban J connectivity index is 4.33. The molecule has 7 heteroatoms. The van der Waals surface area contributed by atoms with Gasteiger partial charge in [-0.05, 0) is 64.0 Å². The first-order valence-electron chi connectivity index (χ1n) is 15.5. The fourth-order valence-electron chi connectivity index (χ4n) is 4.42. The number of hydrogen-bond acceptors (Lipinski definition) is 5. The Morgan fingerprint density at radius 3 is 1.97 bits per heavy atom. The third-order valence-electron chi connectivity index (χ3n) is 6.82. The molecule has 0 fully saturated rings. The number of nitrogens with two attached hydrogens (primary N) is 1. The normalized spacial score (nSPS) is 12.9. The SMILES string of the molecule is CCCCCC/C=C\C(CCCCCCC(=O)NC(CCCN)C(=O)O)OC(=O)CCCCCCCCC. The maximum absolute atomic E-state index is 12.4. The van der Waals surface area contributed by atoms with Crippen LogP contribution in [-0.2, 0) is 19.1 Å². The van der Waals surface area contributed by atoms with Gasteiger partial charge in [0.2, 0.25) is 5.91 Å². The molecule has 38 heavy (non-hydrogen) atoms. The van der Waals surface area contributed by atoms with Crippen molar-refractivity contribution in [2.45, 2.75) is 161 Å². The van der Waals surface area contributed by atoms with Crippen LogP contribution < -0.4 is 11.1 Å². The summed E-state index contributed by atoms with van der Waals surface area (Å²) in [5, 5.41) is 11.8. The van der Waals surface area contributed by atoms with E-state index in [9.17, 15) is 19.5 Å². The number of carboxylic acids is 1. The summed E-state index contributed by atoms with van der Waals surface area (Å²) in [5.41, 5.74) is 5.44. The summed E-state index contributed by atoms with van der Waals surface area (Å²) in [7, 11) is 0. The second-order valence-electron chi connectivity index (χ2n) is 10.5. The average Bonchev–Trinajstić information content (AvgIpc) is 2.89. The average molecular weight is 539 g/mol. The largest absolute Gasteiger partial charge is 0.480 e. The zero-order valence-corrected chi connectivity index (χ0v) is 24.5. The fraction of sp³-hybridized carbons (Fsp3) is 0.839. The number of amides is 1. The summed E-state index contributed by atoms with van der Waals surface area (Å²) < 4.78 is 5.81. The Morgan fingerprint density at radius 1 is 0.763 bits per heavy atom. The fourth-order valence-corrected chi connectivity index (χ4v) is 4.42. The molecule has 0 aliphatic rings. The molecule has 0 aromatic carbocycles. The summed E-state index contributed by atoms with van der Waals surface area (Å²) in [6, 6.07) is -0.865. The molecule has 2 atom stereocenters. The zero-order chi connectivity index (χ0) is 28.3. The van der Waals surface area contributed by atoms with Gasteiger partial charge in [0, 0.05) is 12.8 Å². The van der Waals surface area contributed by atoms with Crippen LogP contribution >= 0.6 is 0 Å². The Labute approximate surface area is 232 Å². The number of hydrogen-bond donors (Lipinski definition) is 3. The van der Waals surface area contributed by atoms with E-state index in [1.807, 2.05) is 0 Å². The molecule has 0 radical (unpaired) electrons. The maximum atomic E-state index is 12.4. The van der Waals surface area contributed by atoms with Crippen LogP contribution in [0.25, 0.3) is 0 Å². The molecule has 0 rings (SSSR count). The maximum Gasteiger partial charge on any atom is 0.326 e. The highest BCUT2D eigenvalue weighted by Crippen LogP contribution is 2.15. The van der Waals surface area contributed by atoms with E-state index in [1.165, 1.54) is 57.8 Å². The molecular formula is C31H58N2O5. The quantitative estimate of drug-likeness (QED) is 0.0577. The minimum Gasteiger partial charge on any atom is -0.480 e. The first-order chi connectivity index (χ1) is 18.4. The van der Waals surface area contributed by atoms with Crippen molar-refractivity contribution in [1.29, 1.82) is 0 Å². The number of rotatable bonds is 27. The van der Waals surface area contributed by atoms with Crippen molar-refractivity contribution < 1.29 is 24.2 Å². The van der Waals surface area contributed by atoms with E-state index < -0.39 is 12.0 Å². The molecule has 2 unspecified atom stereocenters. The summed E-state index contributed by atoms with van der Waals surface area (Å²) >= 11 is 0. The van der Waals surface area contributed by atoms with Crippen LogP contribution in [0.15, 0.2) is 12.2 Å². The Bertz CT molecular complexity index is 623. The topological polar surface area (TPSA) is 119 Å². The molecule has 4 N–H and O–H groups in total. The molecule has 222 valence electrons. The van der Waals surface area contributed by atoms with E-state index in [4.69, 9.17) is 10.5 Å². The predicted molar refractivity (Wildman–Crippen MR) is 156 cm³/mol. The minimum absolute atomic E-state index is 0.0986. The number of aliphatic carboxylic acids is 1. The van der Waals surface area contributed by atoms with E-state index in [0.29, 0.717) is 38.6 Å². The number of ether oxygens (including phenoxy) is 1. The van der Waals surface area contributed by atoms with E-state index >= 15 is 0 Å². The number of esters is 1. The van der Waals surface area contributed by atoms with Gasteiger partial charge in [-0.2, -0.15) is 0 Å². The summed E-state index contributed by atoms with van der Waals surface area (Å²) in [6.45, 7) is 4.83. The first kappa shape index (κ1) is 36.1. The van der Waals surface area contributed by atoms with Crippen molar-refractivity contribution in [1.82, 2.24) is 5.32 Å². The van der Waals surface area contributed by atoms with Gasteiger partial charge in [0.05, 0.1) is 0 Å². The predicted octanol–water partition coefficient (Wildman–Crippen LogP) is 7.21. The van der Waals surface area contributed by atoms with Gasteiger partial charge in [0.25, 0.3) is 0 Å². The van der Waals surface area contributed by atoms with Gasteiger partial charge in [-0.3, -0.25) is 9.59 Å². The minimum atomic E-state index is -1.02. The number of unbranched alkanes of at least 4 members (excludes halogenated alkanes) is 13. The molecule has 0 aliphatic carbocycles. The Hall–Kier alpha value is -1.89. The van der Waals surface area contributed by atoms with E-state index in [1.54, 1.807) is 0 Å². The van der Waals surface area contributed by atoms with Crippen molar-refractivity contribution in [3.8, 4) is 0 Å². The third-order valence-corrected chi connectivity index (χ3v) is 6.82. The smallest absolute Gasteiger partial charge is 0.326 e. The number of carbonyl (C=O) groups is 3. The van der Waals surface area contributed by atoms with Crippen molar-refractivity contribution in [3.63, 3.8) is 0 Å². The van der Waals surface area contributed by atoms with Crippen molar-refractivity contribution in [2.24, 2.45) is 5.73 Å². The van der Waals surface area contributed by atoms with Crippen LogP contribution in [0, 0.1) is 0 Å². The van der Waals surface area contributed by atoms with Gasteiger partial charge in [-0.1, -0.05) is 90.6 Å². The van der Waals surface area contributed by atoms with Crippen molar-refractivity contribution >= 4 is 17.8 Å². The molecule has 0 aromatic rings. The highest BCUT2D eigenvalue weighted by atomic mass is 16.5. The summed E-state index contributed by atoms with van der Waals surface area (Å²) in [6.07, 6.45) is 24.2. The summed E-state index contributed by atoms with van der Waals surface area (Å²) in [5.74, 6) is -1.34. The van der Waals surface area contributed by atoms with Gasteiger partial charge in [0.15, 0.2) is 0 Å². The lowest BCUT2D eigenvalue weighted by Crippen LogP contribution is -2.40. The first-order valence-corrected chi connectivity index (χ1v) is 15.5. The van der Waals surface area contributed by atoms with Crippen LogP contribution in [0.5, 0.6) is 0 Å². The number of carbonyl (C=O) groups excluding carboxylic acids is 2. The third kappa shape index (κ3) is 23.2. The molecule has 0 saturated carbocycles. The lowest BCUT2D eigenvalue weighted by molar-refractivity contribution is -0.147. The number of carboxylic acid groups (broad SMARTS) is 1. The molecule has 0 spiro atoms. The van der Waals surface area contributed by atoms with Crippen molar-refractivity contribution in [3.05, 3.63) is 12.2 Å². The second-order valence-corrected chi connectivity index (χ2v) is 10.5. The number of allylic oxidation sites excluding steroid dienone is 1. The molecular weight excluding hydrogens is 480 g/mol. The van der Waals surface area contributed by atoms with Gasteiger partial charge in [0.1, 0.15) is 12.1 Å². The van der Waals surface area contributed by atoms with Gasteiger partial charge in [-0.15, -0.1) is 0 Å². The molecule has 0 bridgehead atoms.